The highest BCUT2D eigenvalue weighted by Crippen LogP contribution is 2.22. The summed E-state index contributed by atoms with van der Waals surface area (Å²) in [4.78, 5) is 10.9. The molecule has 5 heteroatoms. The van der Waals surface area contributed by atoms with Crippen LogP contribution in [-0.4, -0.2) is 11.1 Å². The molecule has 0 fully saturated rings. The molecule has 0 amide bonds. The van der Waals surface area contributed by atoms with Crippen molar-refractivity contribution in [1.82, 2.24) is 0 Å². The van der Waals surface area contributed by atoms with Crippen molar-refractivity contribution >= 4 is 17.3 Å². The number of hydrogen-bond acceptors (Lipinski definition) is 3. The van der Waals surface area contributed by atoms with Crippen LogP contribution in [0, 0.1) is 5.82 Å². The van der Waals surface area contributed by atoms with Crippen molar-refractivity contribution in [2.45, 2.75) is 6.61 Å². The molecular weight excluding hydrogens is 243 g/mol. The number of carbonyl (C=O) groups is 1. The van der Waals surface area contributed by atoms with Gasteiger partial charge in [0, 0.05) is 11.4 Å². The number of halogens is 1. The van der Waals surface area contributed by atoms with Gasteiger partial charge in [0.2, 0.25) is 0 Å². The topological polar surface area (TPSA) is 46.5 Å². The van der Waals surface area contributed by atoms with Crippen LogP contribution in [0.4, 0.5) is 4.39 Å². The fourth-order valence-corrected chi connectivity index (χ4v) is 1.96. The summed E-state index contributed by atoms with van der Waals surface area (Å²) in [6, 6.07) is 7.53. The van der Waals surface area contributed by atoms with E-state index in [1.165, 1.54) is 18.2 Å². The smallest absolute Gasteiger partial charge is 0.346 e. The van der Waals surface area contributed by atoms with Crippen molar-refractivity contribution in [2.24, 2.45) is 0 Å². The molecule has 17 heavy (non-hydrogen) atoms. The van der Waals surface area contributed by atoms with Crippen molar-refractivity contribution in [3.05, 3.63) is 52.0 Å². The second-order valence-electron chi connectivity index (χ2n) is 3.37. The van der Waals surface area contributed by atoms with Crippen LogP contribution in [0.1, 0.15) is 15.2 Å². The molecule has 2 aromatic rings. The lowest BCUT2D eigenvalue weighted by atomic mass is 10.2. The van der Waals surface area contributed by atoms with Crippen LogP contribution in [0.3, 0.4) is 0 Å². The van der Waals surface area contributed by atoms with Crippen molar-refractivity contribution in [1.29, 1.82) is 0 Å². The monoisotopic (exact) mass is 252 g/mol. The highest BCUT2D eigenvalue weighted by Gasteiger charge is 2.07. The fourth-order valence-electron chi connectivity index (χ4n) is 1.30. The average Bonchev–Trinajstić information content (AvgIpc) is 2.75. The summed E-state index contributed by atoms with van der Waals surface area (Å²) >= 11 is 1.10. The number of carboxylic acid groups (broad SMARTS) is 1. The van der Waals surface area contributed by atoms with Crippen LogP contribution < -0.4 is 4.74 Å². The third-order valence-electron chi connectivity index (χ3n) is 2.08. The molecule has 0 saturated heterocycles. The number of thiophene rings is 1. The van der Waals surface area contributed by atoms with Crippen LogP contribution in [0.25, 0.3) is 0 Å². The van der Waals surface area contributed by atoms with Crippen LogP contribution in [0.2, 0.25) is 0 Å². The molecule has 1 heterocycles. The molecule has 2 rings (SSSR count). The third kappa shape index (κ3) is 3.04. The van der Waals surface area contributed by atoms with E-state index in [-0.39, 0.29) is 17.3 Å². The van der Waals surface area contributed by atoms with E-state index in [1.54, 1.807) is 17.5 Å². The van der Waals surface area contributed by atoms with Crippen LogP contribution >= 0.6 is 11.3 Å². The highest BCUT2D eigenvalue weighted by molar-refractivity contribution is 7.12. The summed E-state index contributed by atoms with van der Waals surface area (Å²) in [5, 5.41) is 10.3. The van der Waals surface area contributed by atoms with Crippen LogP contribution in [-0.2, 0) is 6.61 Å². The van der Waals surface area contributed by atoms with Crippen molar-refractivity contribution in [2.75, 3.05) is 0 Å². The van der Waals surface area contributed by atoms with E-state index in [1.807, 2.05) is 0 Å². The molecule has 0 aliphatic rings. The first-order valence-electron chi connectivity index (χ1n) is 4.84. The molecule has 0 aliphatic heterocycles. The Hall–Kier alpha value is -1.88. The molecule has 0 spiro atoms. The molecule has 88 valence electrons. The minimum absolute atomic E-state index is 0.216. The predicted molar refractivity (Wildman–Crippen MR) is 62.0 cm³/mol. The maximum atomic E-state index is 12.9. The average molecular weight is 252 g/mol. The van der Waals surface area contributed by atoms with E-state index in [9.17, 15) is 9.18 Å². The van der Waals surface area contributed by atoms with Gasteiger partial charge in [0.05, 0.1) is 0 Å². The Kier molecular flexibility index (Phi) is 3.39. The van der Waals surface area contributed by atoms with Gasteiger partial charge in [0.15, 0.2) is 0 Å². The Morgan fingerprint density at radius 3 is 2.88 bits per heavy atom. The molecule has 0 atom stereocenters. The van der Waals surface area contributed by atoms with Gasteiger partial charge in [-0.1, -0.05) is 12.1 Å². The number of ether oxygens (including phenoxy) is 1. The standard InChI is InChI=1S/C12H9FO3S/c13-9-3-1-2-8(4-9)6-16-10-5-11(12(14)15)17-7-10/h1-5,7H,6H2,(H,14,15). The highest BCUT2D eigenvalue weighted by atomic mass is 32.1. The van der Waals surface area contributed by atoms with E-state index >= 15 is 0 Å². The summed E-state index contributed by atoms with van der Waals surface area (Å²) < 4.78 is 18.2. The van der Waals surface area contributed by atoms with Gasteiger partial charge < -0.3 is 9.84 Å². The Labute approximate surface area is 101 Å². The van der Waals surface area contributed by atoms with Crippen molar-refractivity contribution < 1.29 is 19.0 Å². The van der Waals surface area contributed by atoms with E-state index in [0.717, 1.165) is 11.3 Å². The normalized spacial score (nSPS) is 10.2. The number of carboxylic acids is 1. The second-order valence-corrected chi connectivity index (χ2v) is 4.28. The SMILES string of the molecule is O=C(O)c1cc(OCc2cccc(F)c2)cs1. The lowest BCUT2D eigenvalue weighted by molar-refractivity contribution is 0.0702. The van der Waals surface area contributed by atoms with Gasteiger partial charge in [-0.05, 0) is 17.7 Å². The fraction of sp³-hybridized carbons (Fsp3) is 0.0833. The molecule has 0 bridgehead atoms. The number of hydrogen-bond donors (Lipinski definition) is 1. The summed E-state index contributed by atoms with van der Waals surface area (Å²) in [5.74, 6) is -0.810. The zero-order valence-electron chi connectivity index (χ0n) is 8.72. The zero-order chi connectivity index (χ0) is 12.3. The Bertz CT molecular complexity index is 536. The maximum absolute atomic E-state index is 12.9. The van der Waals surface area contributed by atoms with Crippen molar-refractivity contribution in [3.8, 4) is 5.75 Å². The quantitative estimate of drug-likeness (QED) is 0.909. The molecule has 0 unspecified atom stereocenters. The van der Waals surface area contributed by atoms with Crippen LogP contribution in [0.5, 0.6) is 5.75 Å². The predicted octanol–water partition coefficient (Wildman–Crippen LogP) is 3.16. The van der Waals surface area contributed by atoms with Gasteiger partial charge in [-0.25, -0.2) is 9.18 Å². The van der Waals surface area contributed by atoms with Gasteiger partial charge in [-0.2, -0.15) is 0 Å². The number of rotatable bonds is 4. The minimum atomic E-state index is -0.976. The first kappa shape index (κ1) is 11.6. The second kappa shape index (κ2) is 4.97. The van der Waals surface area contributed by atoms with Gasteiger partial charge in [-0.3, -0.25) is 0 Å². The molecule has 3 nitrogen and oxygen atoms in total. The third-order valence-corrected chi connectivity index (χ3v) is 2.98. The lowest BCUT2D eigenvalue weighted by Gasteiger charge is -2.03. The molecule has 1 aromatic heterocycles. The Morgan fingerprint density at radius 2 is 2.24 bits per heavy atom. The summed E-state index contributed by atoms with van der Waals surface area (Å²) in [6.07, 6.45) is 0. The largest absolute Gasteiger partial charge is 0.488 e. The lowest BCUT2D eigenvalue weighted by Crippen LogP contribution is -1.95. The zero-order valence-corrected chi connectivity index (χ0v) is 9.54. The van der Waals surface area contributed by atoms with Gasteiger partial charge >= 0.3 is 5.97 Å². The Morgan fingerprint density at radius 1 is 1.41 bits per heavy atom. The van der Waals surface area contributed by atoms with Crippen LogP contribution in [0.15, 0.2) is 35.7 Å². The van der Waals surface area contributed by atoms with Crippen molar-refractivity contribution in [3.63, 3.8) is 0 Å². The van der Waals surface area contributed by atoms with E-state index in [4.69, 9.17) is 9.84 Å². The van der Waals surface area contributed by atoms with Gasteiger partial charge in [0.1, 0.15) is 23.1 Å². The molecule has 0 radical (unpaired) electrons. The van der Waals surface area contributed by atoms with Gasteiger partial charge in [0.25, 0.3) is 0 Å². The number of benzene rings is 1. The summed E-state index contributed by atoms with van der Waals surface area (Å²) in [6.45, 7) is 0.216. The van der Waals surface area contributed by atoms with E-state index in [2.05, 4.69) is 0 Å². The minimum Gasteiger partial charge on any atom is -0.488 e. The van der Waals surface area contributed by atoms with Gasteiger partial charge in [-0.15, -0.1) is 11.3 Å². The van der Waals surface area contributed by atoms with E-state index in [0.29, 0.717) is 11.3 Å². The summed E-state index contributed by atoms with van der Waals surface area (Å²) in [5.41, 5.74) is 0.702. The van der Waals surface area contributed by atoms with E-state index < -0.39 is 5.97 Å². The maximum Gasteiger partial charge on any atom is 0.346 e. The first-order chi connectivity index (χ1) is 8.15. The molecular formula is C12H9FO3S. The molecule has 0 aliphatic carbocycles. The Balaban J connectivity index is 2.00. The first-order valence-corrected chi connectivity index (χ1v) is 5.72. The summed E-state index contributed by atoms with van der Waals surface area (Å²) in [7, 11) is 0. The molecule has 0 saturated carbocycles. The molecule has 1 N–H and O–H groups in total. The molecule has 1 aromatic carbocycles. The number of aromatic carboxylic acids is 1.